The van der Waals surface area contributed by atoms with Gasteiger partial charge in [0.1, 0.15) is 17.1 Å². The summed E-state index contributed by atoms with van der Waals surface area (Å²) in [5, 5.41) is 12.3. The molecule has 3 aromatic heterocycles. The predicted octanol–water partition coefficient (Wildman–Crippen LogP) is 10.0. The summed E-state index contributed by atoms with van der Waals surface area (Å²) in [6.07, 6.45) is 5.87. The fraction of sp³-hybridized carbons (Fsp3) is 0.167. The van der Waals surface area contributed by atoms with Crippen molar-refractivity contribution in [3.05, 3.63) is 133 Å². The third kappa shape index (κ3) is 5.84. The molecule has 0 aliphatic carbocycles. The molecular weight excluding hydrogens is 605 g/mol. The van der Waals surface area contributed by atoms with Crippen LogP contribution in [0, 0.1) is 0 Å². The molecule has 0 unspecified atom stereocenters. The van der Waals surface area contributed by atoms with Crippen molar-refractivity contribution in [3.63, 3.8) is 0 Å². The first-order valence-electron chi connectivity index (χ1n) is 16.4. The van der Waals surface area contributed by atoms with Crippen LogP contribution < -0.4 is 5.19 Å². The molecule has 238 valence electrons. The number of hydrogen-bond acceptors (Lipinski definition) is 4. The van der Waals surface area contributed by atoms with Crippen molar-refractivity contribution in [1.82, 2.24) is 19.5 Å². The SMILES string of the molecule is CC(C)(C)c1cc(-c2cc(-c3ccccc3)c([Si](C)(C)C)cn2)cc(-c2cncc3c2nc(-c2ccccc2O)n3-c2ccccc2)c1. The number of aromatic nitrogens is 4. The van der Waals surface area contributed by atoms with Gasteiger partial charge < -0.3 is 5.11 Å². The number of benzene rings is 4. The van der Waals surface area contributed by atoms with Gasteiger partial charge in [-0.1, -0.05) is 107 Å². The molecule has 0 atom stereocenters. The molecule has 0 amide bonds. The van der Waals surface area contributed by atoms with Crippen LogP contribution in [0.2, 0.25) is 19.6 Å². The Bertz CT molecular complexity index is 2260. The zero-order valence-corrected chi connectivity index (χ0v) is 29.4. The van der Waals surface area contributed by atoms with Gasteiger partial charge in [-0.25, -0.2) is 4.98 Å². The van der Waals surface area contributed by atoms with Gasteiger partial charge in [0.25, 0.3) is 0 Å². The summed E-state index contributed by atoms with van der Waals surface area (Å²) >= 11 is 0. The van der Waals surface area contributed by atoms with E-state index in [-0.39, 0.29) is 11.2 Å². The van der Waals surface area contributed by atoms with Crippen LogP contribution in [0.25, 0.3) is 61.6 Å². The lowest BCUT2D eigenvalue weighted by Gasteiger charge is -2.23. The van der Waals surface area contributed by atoms with Crippen molar-refractivity contribution < 1.29 is 5.11 Å². The van der Waals surface area contributed by atoms with Crippen molar-refractivity contribution in [3.8, 4) is 56.3 Å². The van der Waals surface area contributed by atoms with Gasteiger partial charge in [-0.05, 0) is 75.3 Å². The average molecular weight is 645 g/mol. The smallest absolute Gasteiger partial charge is 0.149 e. The number of para-hydroxylation sites is 2. The van der Waals surface area contributed by atoms with Crippen LogP contribution >= 0.6 is 0 Å². The Kier molecular flexibility index (Phi) is 7.84. The molecule has 0 bridgehead atoms. The van der Waals surface area contributed by atoms with Gasteiger partial charge in [0.05, 0.1) is 31.0 Å². The minimum absolute atomic E-state index is 0.114. The van der Waals surface area contributed by atoms with Crippen molar-refractivity contribution in [2.75, 3.05) is 0 Å². The molecule has 0 spiro atoms. The van der Waals surface area contributed by atoms with Crippen LogP contribution in [0.4, 0.5) is 0 Å². The minimum Gasteiger partial charge on any atom is -0.507 e. The van der Waals surface area contributed by atoms with Gasteiger partial charge in [-0.15, -0.1) is 0 Å². The largest absolute Gasteiger partial charge is 0.507 e. The molecule has 0 aliphatic heterocycles. The average Bonchev–Trinajstić information content (AvgIpc) is 3.47. The van der Waals surface area contributed by atoms with Crippen molar-refractivity contribution in [2.24, 2.45) is 0 Å². The Morgan fingerprint density at radius 1 is 0.646 bits per heavy atom. The number of phenolic OH excluding ortho intramolecular Hbond substituents is 1. The quantitative estimate of drug-likeness (QED) is 0.183. The second-order valence-corrected chi connectivity index (χ2v) is 19.5. The fourth-order valence-electron chi connectivity index (χ4n) is 6.32. The van der Waals surface area contributed by atoms with Gasteiger partial charge in [0, 0.05) is 29.2 Å². The van der Waals surface area contributed by atoms with E-state index in [0.29, 0.717) is 11.4 Å². The first-order chi connectivity index (χ1) is 23.0. The number of hydrogen-bond donors (Lipinski definition) is 1. The van der Waals surface area contributed by atoms with E-state index in [1.807, 2.05) is 48.8 Å². The molecule has 4 aromatic carbocycles. The Morgan fingerprint density at radius 3 is 2.00 bits per heavy atom. The van der Waals surface area contributed by atoms with E-state index in [9.17, 15) is 5.11 Å². The van der Waals surface area contributed by atoms with E-state index in [2.05, 4.69) is 118 Å². The topological polar surface area (TPSA) is 63.8 Å². The molecule has 0 aliphatic rings. The molecule has 0 fully saturated rings. The molecule has 1 N–H and O–H groups in total. The Labute approximate surface area is 283 Å². The molecule has 7 rings (SSSR count). The highest BCUT2D eigenvalue weighted by Crippen LogP contribution is 2.39. The number of fused-ring (bicyclic) bond motifs is 1. The van der Waals surface area contributed by atoms with Gasteiger partial charge in [0.2, 0.25) is 0 Å². The van der Waals surface area contributed by atoms with Gasteiger partial charge >= 0.3 is 0 Å². The molecule has 5 nitrogen and oxygen atoms in total. The molecule has 0 radical (unpaired) electrons. The summed E-state index contributed by atoms with van der Waals surface area (Å²) in [7, 11) is -1.68. The molecule has 48 heavy (non-hydrogen) atoms. The lowest BCUT2D eigenvalue weighted by Crippen LogP contribution is -2.39. The molecule has 0 saturated heterocycles. The van der Waals surface area contributed by atoms with Crippen LogP contribution in [0.15, 0.2) is 128 Å². The van der Waals surface area contributed by atoms with E-state index in [1.165, 1.54) is 21.9 Å². The molecule has 7 aromatic rings. The highest BCUT2D eigenvalue weighted by atomic mass is 28.3. The summed E-state index contributed by atoms with van der Waals surface area (Å²) < 4.78 is 2.08. The van der Waals surface area contributed by atoms with Crippen molar-refractivity contribution >= 4 is 24.3 Å². The summed E-state index contributed by atoms with van der Waals surface area (Å²) in [6, 6.07) is 37.2. The van der Waals surface area contributed by atoms with E-state index in [0.717, 1.165) is 39.1 Å². The number of nitrogens with zero attached hydrogens (tertiary/aromatic N) is 4. The fourth-order valence-corrected chi connectivity index (χ4v) is 7.79. The molecule has 3 heterocycles. The van der Waals surface area contributed by atoms with Crippen LogP contribution in [-0.4, -0.2) is 32.7 Å². The number of imidazole rings is 1. The van der Waals surface area contributed by atoms with Crippen molar-refractivity contribution in [1.29, 1.82) is 0 Å². The van der Waals surface area contributed by atoms with Gasteiger partial charge in [-0.2, -0.15) is 0 Å². The third-order valence-corrected chi connectivity index (χ3v) is 10.9. The lowest BCUT2D eigenvalue weighted by molar-refractivity contribution is 0.477. The highest BCUT2D eigenvalue weighted by molar-refractivity contribution is 6.89. The second kappa shape index (κ2) is 12.0. The van der Waals surface area contributed by atoms with Crippen LogP contribution in [-0.2, 0) is 5.41 Å². The number of aromatic hydroxyl groups is 1. The standard InChI is InChI=1S/C42H40N4OSi/c1-42(2,3)31-22-29(21-30(23-31)36-24-34(28-15-9-7-10-16-28)39(27-44-36)48(4,5)6)35-25-43-26-37-40(35)45-41(33-19-13-14-20-38(33)47)46(37)32-17-11-8-12-18-32/h7-27,47H,1-6H3. The van der Waals surface area contributed by atoms with Crippen LogP contribution in [0.3, 0.4) is 0 Å². The summed E-state index contributed by atoms with van der Waals surface area (Å²) in [6.45, 7) is 13.9. The van der Waals surface area contributed by atoms with E-state index in [4.69, 9.17) is 15.0 Å². The first kappa shape index (κ1) is 31.3. The summed E-state index contributed by atoms with van der Waals surface area (Å²) in [4.78, 5) is 15.1. The van der Waals surface area contributed by atoms with E-state index in [1.54, 1.807) is 6.07 Å². The monoisotopic (exact) mass is 644 g/mol. The van der Waals surface area contributed by atoms with Crippen LogP contribution in [0.5, 0.6) is 5.75 Å². The lowest BCUT2D eigenvalue weighted by atomic mass is 9.83. The Morgan fingerprint density at radius 2 is 1.31 bits per heavy atom. The highest BCUT2D eigenvalue weighted by Gasteiger charge is 2.25. The molecule has 0 saturated carbocycles. The maximum atomic E-state index is 10.9. The summed E-state index contributed by atoms with van der Waals surface area (Å²) in [5.74, 6) is 0.838. The molecule has 6 heteroatoms. The van der Waals surface area contributed by atoms with Gasteiger partial charge in [0.15, 0.2) is 0 Å². The third-order valence-electron chi connectivity index (χ3n) is 8.93. The second-order valence-electron chi connectivity index (χ2n) is 14.5. The van der Waals surface area contributed by atoms with E-state index < -0.39 is 8.07 Å². The maximum Gasteiger partial charge on any atom is 0.149 e. The zero-order chi connectivity index (χ0) is 33.6. The normalized spacial score (nSPS) is 12.0. The van der Waals surface area contributed by atoms with E-state index >= 15 is 0 Å². The number of pyridine rings is 2. The predicted molar refractivity (Wildman–Crippen MR) is 202 cm³/mol. The first-order valence-corrected chi connectivity index (χ1v) is 19.9. The summed E-state index contributed by atoms with van der Waals surface area (Å²) in [5.41, 5.74) is 10.8. The molecular formula is C42H40N4OSi. The van der Waals surface area contributed by atoms with Crippen LogP contribution in [0.1, 0.15) is 26.3 Å². The maximum absolute atomic E-state index is 10.9. The van der Waals surface area contributed by atoms with Crippen molar-refractivity contribution in [2.45, 2.75) is 45.8 Å². The Balaban J connectivity index is 1.48. The van der Waals surface area contributed by atoms with Gasteiger partial charge in [-0.3, -0.25) is 14.5 Å². The zero-order valence-electron chi connectivity index (χ0n) is 28.4. The minimum atomic E-state index is -1.68. The number of phenols is 1. The Hall–Kier alpha value is -5.33. The number of rotatable bonds is 6.